The van der Waals surface area contributed by atoms with Crippen LogP contribution in [0.2, 0.25) is 10.0 Å². The molecule has 38 heavy (non-hydrogen) atoms. The third-order valence-corrected chi connectivity index (χ3v) is 6.64. The lowest BCUT2D eigenvalue weighted by Gasteiger charge is -2.32. The Bertz CT molecular complexity index is 1190. The molecule has 0 fully saturated rings. The number of rotatable bonds is 13. The summed E-state index contributed by atoms with van der Waals surface area (Å²) in [6.07, 6.45) is 1.10. The van der Waals surface area contributed by atoms with Gasteiger partial charge in [-0.15, -0.1) is 0 Å². The Morgan fingerprint density at radius 2 is 1.58 bits per heavy atom. The molecular weight excluding hydrogens is 523 g/mol. The predicted octanol–water partition coefficient (Wildman–Crippen LogP) is 6.33. The van der Waals surface area contributed by atoms with Crippen LogP contribution in [-0.4, -0.2) is 42.5 Å². The molecule has 202 valence electrons. The number of amides is 2. The molecule has 8 heteroatoms. The Kier molecular flexibility index (Phi) is 11.3. The lowest BCUT2D eigenvalue weighted by Crippen LogP contribution is -2.51. The van der Waals surface area contributed by atoms with E-state index in [9.17, 15) is 9.59 Å². The van der Waals surface area contributed by atoms with Crippen LogP contribution >= 0.6 is 23.2 Å². The summed E-state index contributed by atoms with van der Waals surface area (Å²) in [5.41, 5.74) is 1.75. The minimum Gasteiger partial charge on any atom is -0.497 e. The number of hydrogen-bond donors (Lipinski definition) is 1. The normalized spacial score (nSPS) is 11.6. The van der Waals surface area contributed by atoms with Gasteiger partial charge in [0.05, 0.1) is 23.8 Å². The zero-order chi connectivity index (χ0) is 27.5. The van der Waals surface area contributed by atoms with Gasteiger partial charge in [0, 0.05) is 25.4 Å². The van der Waals surface area contributed by atoms with Gasteiger partial charge in [0.1, 0.15) is 17.5 Å². The predicted molar refractivity (Wildman–Crippen MR) is 152 cm³/mol. The molecule has 2 amide bonds. The van der Waals surface area contributed by atoms with Gasteiger partial charge in [-0.3, -0.25) is 9.59 Å². The molecule has 0 aliphatic carbocycles. The third-order valence-electron chi connectivity index (χ3n) is 5.90. The Morgan fingerprint density at radius 3 is 2.21 bits per heavy atom. The van der Waals surface area contributed by atoms with Crippen molar-refractivity contribution in [3.8, 4) is 11.5 Å². The van der Waals surface area contributed by atoms with E-state index in [1.54, 1.807) is 24.1 Å². The van der Waals surface area contributed by atoms with Crippen molar-refractivity contribution in [2.75, 3.05) is 13.7 Å². The van der Waals surface area contributed by atoms with Crippen LogP contribution in [0, 0.1) is 0 Å². The summed E-state index contributed by atoms with van der Waals surface area (Å²) in [4.78, 5) is 28.7. The average Bonchev–Trinajstić information content (AvgIpc) is 2.91. The SMILES string of the molecule is COc1ccc(OCCCC(=O)N(Cc2ccc(Cl)c(Cl)c2)[C@@H](Cc2ccccc2)C(=O)NC(C)C)cc1. The molecule has 0 unspecified atom stereocenters. The van der Waals surface area contributed by atoms with E-state index in [0.717, 1.165) is 16.9 Å². The first-order valence-electron chi connectivity index (χ1n) is 12.6. The zero-order valence-corrected chi connectivity index (χ0v) is 23.5. The Hall–Kier alpha value is -3.22. The van der Waals surface area contributed by atoms with Crippen LogP contribution < -0.4 is 14.8 Å². The fraction of sp³-hybridized carbons (Fsp3) is 0.333. The number of ether oxygens (including phenoxy) is 2. The van der Waals surface area contributed by atoms with Crippen LogP contribution in [0.25, 0.3) is 0 Å². The van der Waals surface area contributed by atoms with Gasteiger partial charge in [0.2, 0.25) is 11.8 Å². The monoisotopic (exact) mass is 556 g/mol. The van der Waals surface area contributed by atoms with Gasteiger partial charge in [-0.1, -0.05) is 59.6 Å². The number of hydrogen-bond acceptors (Lipinski definition) is 4. The number of carbonyl (C=O) groups excluding carboxylic acids is 2. The number of nitrogens with one attached hydrogen (secondary N) is 1. The lowest BCUT2D eigenvalue weighted by molar-refractivity contribution is -0.141. The highest BCUT2D eigenvalue weighted by molar-refractivity contribution is 6.42. The first-order chi connectivity index (χ1) is 18.3. The summed E-state index contributed by atoms with van der Waals surface area (Å²) in [5.74, 6) is 1.10. The van der Waals surface area contributed by atoms with Crippen molar-refractivity contribution in [2.45, 2.75) is 51.7 Å². The van der Waals surface area contributed by atoms with Gasteiger partial charge in [0.15, 0.2) is 0 Å². The van der Waals surface area contributed by atoms with Crippen molar-refractivity contribution in [2.24, 2.45) is 0 Å². The maximum absolute atomic E-state index is 13.6. The summed E-state index contributed by atoms with van der Waals surface area (Å²) in [5, 5.41) is 3.82. The van der Waals surface area contributed by atoms with E-state index in [4.69, 9.17) is 32.7 Å². The minimum absolute atomic E-state index is 0.0689. The molecule has 1 N–H and O–H groups in total. The number of halogens is 2. The molecule has 3 aromatic rings. The van der Waals surface area contributed by atoms with Crippen LogP contribution in [0.4, 0.5) is 0 Å². The van der Waals surface area contributed by atoms with E-state index >= 15 is 0 Å². The van der Waals surface area contributed by atoms with Crippen molar-refractivity contribution in [3.63, 3.8) is 0 Å². The Labute approximate surface area is 234 Å². The molecule has 0 saturated heterocycles. The molecule has 3 rings (SSSR count). The lowest BCUT2D eigenvalue weighted by atomic mass is 10.0. The Morgan fingerprint density at radius 1 is 0.895 bits per heavy atom. The molecule has 0 heterocycles. The van der Waals surface area contributed by atoms with Crippen LogP contribution in [0.1, 0.15) is 37.8 Å². The highest BCUT2D eigenvalue weighted by Gasteiger charge is 2.30. The van der Waals surface area contributed by atoms with Crippen molar-refractivity contribution in [3.05, 3.63) is 94.0 Å². The fourth-order valence-corrected chi connectivity index (χ4v) is 4.32. The van der Waals surface area contributed by atoms with Crippen LogP contribution in [0.3, 0.4) is 0 Å². The second kappa shape index (κ2) is 14.6. The number of methoxy groups -OCH3 is 1. The van der Waals surface area contributed by atoms with E-state index in [2.05, 4.69) is 5.32 Å². The van der Waals surface area contributed by atoms with E-state index in [0.29, 0.717) is 35.2 Å². The van der Waals surface area contributed by atoms with E-state index < -0.39 is 6.04 Å². The summed E-state index contributed by atoms with van der Waals surface area (Å²) in [6, 6.07) is 21.5. The van der Waals surface area contributed by atoms with Gasteiger partial charge in [-0.2, -0.15) is 0 Å². The van der Waals surface area contributed by atoms with Crippen LogP contribution in [-0.2, 0) is 22.6 Å². The maximum atomic E-state index is 13.6. The molecule has 1 atom stereocenters. The topological polar surface area (TPSA) is 67.9 Å². The zero-order valence-electron chi connectivity index (χ0n) is 22.0. The van der Waals surface area contributed by atoms with Crippen molar-refractivity contribution in [1.82, 2.24) is 10.2 Å². The van der Waals surface area contributed by atoms with E-state index in [1.807, 2.05) is 74.5 Å². The molecule has 0 bridgehead atoms. The van der Waals surface area contributed by atoms with E-state index in [1.165, 1.54) is 0 Å². The quantitative estimate of drug-likeness (QED) is 0.250. The van der Waals surface area contributed by atoms with Gasteiger partial charge in [-0.25, -0.2) is 0 Å². The Balaban J connectivity index is 1.79. The summed E-state index contributed by atoms with van der Waals surface area (Å²) in [7, 11) is 1.61. The second-order valence-corrected chi connectivity index (χ2v) is 10.1. The van der Waals surface area contributed by atoms with Gasteiger partial charge >= 0.3 is 0 Å². The highest BCUT2D eigenvalue weighted by Crippen LogP contribution is 2.25. The first kappa shape index (κ1) is 29.3. The number of benzene rings is 3. The molecular formula is C30H34Cl2N2O4. The average molecular weight is 558 g/mol. The largest absolute Gasteiger partial charge is 0.497 e. The van der Waals surface area contributed by atoms with E-state index in [-0.39, 0.29) is 30.8 Å². The highest BCUT2D eigenvalue weighted by atomic mass is 35.5. The number of carbonyl (C=O) groups is 2. The van der Waals surface area contributed by atoms with Gasteiger partial charge in [-0.05, 0) is 67.8 Å². The van der Waals surface area contributed by atoms with Gasteiger partial charge in [0.25, 0.3) is 0 Å². The molecule has 3 aromatic carbocycles. The first-order valence-corrected chi connectivity index (χ1v) is 13.4. The minimum atomic E-state index is -0.704. The standard InChI is InChI=1S/C30H34Cl2N2O4/c1-21(2)33-30(36)28(19-22-8-5-4-6-9-22)34(20-23-11-16-26(31)27(32)18-23)29(35)10-7-17-38-25-14-12-24(37-3)13-15-25/h4-6,8-9,11-16,18,21,28H,7,10,17,19-20H2,1-3H3,(H,33,36)/t28-/m0/s1. The molecule has 0 aliphatic heterocycles. The molecule has 0 saturated carbocycles. The summed E-state index contributed by atoms with van der Waals surface area (Å²) in [6.45, 7) is 4.39. The van der Waals surface area contributed by atoms with Crippen molar-refractivity contribution < 1.29 is 19.1 Å². The van der Waals surface area contributed by atoms with Crippen LogP contribution in [0.15, 0.2) is 72.8 Å². The van der Waals surface area contributed by atoms with Gasteiger partial charge < -0.3 is 19.7 Å². The maximum Gasteiger partial charge on any atom is 0.243 e. The smallest absolute Gasteiger partial charge is 0.243 e. The third kappa shape index (κ3) is 8.96. The molecule has 0 aromatic heterocycles. The number of nitrogens with zero attached hydrogens (tertiary/aromatic N) is 1. The molecule has 0 spiro atoms. The van der Waals surface area contributed by atoms with Crippen LogP contribution in [0.5, 0.6) is 11.5 Å². The second-order valence-electron chi connectivity index (χ2n) is 9.27. The summed E-state index contributed by atoms with van der Waals surface area (Å²) < 4.78 is 11.0. The molecule has 0 radical (unpaired) electrons. The van der Waals surface area contributed by atoms with Crippen molar-refractivity contribution in [1.29, 1.82) is 0 Å². The van der Waals surface area contributed by atoms with Crippen molar-refractivity contribution >= 4 is 35.0 Å². The fourth-order valence-electron chi connectivity index (χ4n) is 4.00. The molecule has 6 nitrogen and oxygen atoms in total. The summed E-state index contributed by atoms with van der Waals surface area (Å²) >= 11 is 12.4. The molecule has 0 aliphatic rings.